The van der Waals surface area contributed by atoms with Crippen molar-refractivity contribution in [2.24, 2.45) is 0 Å². The van der Waals surface area contributed by atoms with Crippen LogP contribution in [0, 0.1) is 0 Å². The molecule has 0 unspecified atom stereocenters. The van der Waals surface area contributed by atoms with E-state index in [1.54, 1.807) is 0 Å². The molecule has 0 radical (unpaired) electrons. The fraction of sp³-hybridized carbons (Fsp3) is 1.00. The quantitative estimate of drug-likeness (QED) is 0.523. The molecule has 0 aromatic heterocycles. The summed E-state index contributed by atoms with van der Waals surface area (Å²) in [6.45, 7) is 7.81. The zero-order valence-corrected chi connectivity index (χ0v) is 12.6. The van der Waals surface area contributed by atoms with Gasteiger partial charge in [0.2, 0.25) is 0 Å². The third-order valence-corrected chi connectivity index (χ3v) is 3.48. The molecule has 4 heteroatoms. The molecule has 0 aromatic carbocycles. The first-order valence-corrected chi connectivity index (χ1v) is 6.41. The highest BCUT2D eigenvalue weighted by molar-refractivity contribution is 6.13. The second-order valence-electron chi connectivity index (χ2n) is 6.27. The van der Waals surface area contributed by atoms with Gasteiger partial charge in [0.1, 0.15) is 0 Å². The summed E-state index contributed by atoms with van der Waals surface area (Å²) in [6, 6.07) is 0. The minimum Gasteiger partial charge on any atom is -0.328 e. The minimum absolute atomic E-state index is 0.0264. The first-order valence-electron chi connectivity index (χ1n) is 6.03. The Kier molecular flexibility index (Phi) is 6.87. The third-order valence-electron chi connectivity index (χ3n) is 2.97. The molecule has 0 saturated heterocycles. The first kappa shape index (κ1) is 16.2. The lowest BCUT2D eigenvalue weighted by atomic mass is 10.0. The Hall–Kier alpha value is 0.170. The predicted octanol–water partition coefficient (Wildman–Crippen LogP) is 1.93. The van der Waals surface area contributed by atoms with Crippen LogP contribution in [-0.2, 0) is 0 Å². The highest BCUT2D eigenvalue weighted by atomic mass is 35.5. The Morgan fingerprint density at radius 3 is 2.19 bits per heavy atom. The van der Waals surface area contributed by atoms with Gasteiger partial charge in [-0.15, -0.1) is 0 Å². The monoisotopic (exact) mass is 250 g/mol. The Morgan fingerprint density at radius 2 is 1.75 bits per heavy atom. The lowest BCUT2D eigenvalue weighted by Crippen LogP contribution is -2.46. The zero-order chi connectivity index (χ0) is 12.8. The fourth-order valence-electron chi connectivity index (χ4n) is 1.56. The van der Waals surface area contributed by atoms with Crippen LogP contribution in [0.3, 0.4) is 0 Å². The summed E-state index contributed by atoms with van der Waals surface area (Å²) in [5.41, 5.74) is 0.0264. The van der Waals surface area contributed by atoms with Crippen molar-refractivity contribution in [3.8, 4) is 0 Å². The van der Waals surface area contributed by atoms with Gasteiger partial charge in [-0.2, -0.15) is 0 Å². The molecule has 0 atom stereocenters. The van der Waals surface area contributed by atoms with Gasteiger partial charge in [0.15, 0.2) is 0 Å². The van der Waals surface area contributed by atoms with Crippen molar-refractivity contribution in [1.82, 2.24) is 9.74 Å². The normalized spacial score (nSPS) is 13.5. The van der Waals surface area contributed by atoms with Crippen LogP contribution in [0.25, 0.3) is 0 Å². The number of halogens is 1. The van der Waals surface area contributed by atoms with Gasteiger partial charge in [-0.3, -0.25) is 0 Å². The molecule has 0 fully saturated rings. The van der Waals surface area contributed by atoms with Crippen molar-refractivity contribution < 1.29 is 4.48 Å². The van der Waals surface area contributed by atoms with Crippen molar-refractivity contribution in [3.05, 3.63) is 0 Å². The molecule has 1 N–H and O–H groups in total. The molecule has 0 aliphatic rings. The molecular formula is C12H29ClN3+. The summed E-state index contributed by atoms with van der Waals surface area (Å²) in [5.74, 6) is 0. The molecule has 3 nitrogen and oxygen atoms in total. The van der Waals surface area contributed by atoms with Crippen molar-refractivity contribution in [2.45, 2.75) is 32.2 Å². The number of rotatable bonds is 8. The summed E-state index contributed by atoms with van der Waals surface area (Å²) in [5, 5.41) is 0. The predicted molar refractivity (Wildman–Crippen MR) is 72.7 cm³/mol. The van der Waals surface area contributed by atoms with E-state index < -0.39 is 0 Å². The largest absolute Gasteiger partial charge is 0.328 e. The van der Waals surface area contributed by atoms with E-state index in [9.17, 15) is 0 Å². The Bertz CT molecular complexity index is 191. The molecular weight excluding hydrogens is 222 g/mol. The summed E-state index contributed by atoms with van der Waals surface area (Å²) < 4.78 is 1.07. The molecule has 0 saturated carbocycles. The van der Waals surface area contributed by atoms with Crippen LogP contribution in [0.4, 0.5) is 0 Å². The van der Waals surface area contributed by atoms with Gasteiger partial charge in [0.25, 0.3) is 0 Å². The van der Waals surface area contributed by atoms with E-state index in [-0.39, 0.29) is 5.54 Å². The van der Waals surface area contributed by atoms with Gasteiger partial charge < -0.3 is 9.38 Å². The second-order valence-corrected chi connectivity index (χ2v) is 6.46. The summed E-state index contributed by atoms with van der Waals surface area (Å²) in [7, 11) is 8.83. The number of nitrogens with zero attached hydrogens (tertiary/aromatic N) is 2. The third kappa shape index (κ3) is 8.34. The van der Waals surface area contributed by atoms with Crippen LogP contribution in [-0.4, -0.2) is 62.7 Å². The van der Waals surface area contributed by atoms with E-state index in [0.717, 1.165) is 17.4 Å². The van der Waals surface area contributed by atoms with E-state index in [1.165, 1.54) is 19.5 Å². The van der Waals surface area contributed by atoms with Crippen LogP contribution in [0.2, 0.25) is 0 Å². The molecule has 16 heavy (non-hydrogen) atoms. The molecule has 0 aliphatic carbocycles. The van der Waals surface area contributed by atoms with Gasteiger partial charge in [0.05, 0.1) is 27.2 Å². The highest BCUT2D eigenvalue weighted by Gasteiger charge is 2.22. The van der Waals surface area contributed by atoms with Crippen molar-refractivity contribution in [1.29, 1.82) is 0 Å². The maximum Gasteiger partial charge on any atom is 0.0800 e. The Balaban J connectivity index is 3.86. The van der Waals surface area contributed by atoms with Crippen LogP contribution >= 0.6 is 11.8 Å². The average Bonchev–Trinajstić information content (AvgIpc) is 2.14. The van der Waals surface area contributed by atoms with Crippen molar-refractivity contribution >= 4 is 11.8 Å². The van der Waals surface area contributed by atoms with Gasteiger partial charge >= 0.3 is 0 Å². The molecule has 0 bridgehead atoms. The van der Waals surface area contributed by atoms with Gasteiger partial charge in [-0.05, 0) is 39.7 Å². The molecule has 98 valence electrons. The Labute approximate surface area is 106 Å². The van der Waals surface area contributed by atoms with Crippen LogP contribution < -0.4 is 4.84 Å². The first-order chi connectivity index (χ1) is 7.18. The van der Waals surface area contributed by atoms with E-state index in [2.05, 4.69) is 51.8 Å². The number of quaternary nitrogens is 1. The van der Waals surface area contributed by atoms with E-state index in [1.807, 2.05) is 0 Å². The number of hydrogen-bond acceptors (Lipinski definition) is 2. The smallest absolute Gasteiger partial charge is 0.0800 e. The summed E-state index contributed by atoms with van der Waals surface area (Å²) in [6.07, 6.45) is 2.33. The summed E-state index contributed by atoms with van der Waals surface area (Å²) in [4.78, 5) is 5.08. The van der Waals surface area contributed by atoms with Gasteiger partial charge in [-0.25, -0.2) is 4.84 Å². The molecule has 0 heterocycles. The molecule has 0 rings (SSSR count). The maximum absolute atomic E-state index is 5.70. The zero-order valence-electron chi connectivity index (χ0n) is 11.8. The van der Waals surface area contributed by atoms with E-state index >= 15 is 0 Å². The average molecular weight is 251 g/mol. The van der Waals surface area contributed by atoms with Crippen LogP contribution in [0.15, 0.2) is 0 Å². The molecule has 0 aliphatic heterocycles. The topological polar surface area (TPSA) is 15.3 Å². The standard InChI is InChI=1S/C12H29ClN3/c1-12(2,14-13)8-11-16(5,6)10-7-9-15(3)4/h14H,7-11H2,1-6H3/q+1. The van der Waals surface area contributed by atoms with Gasteiger partial charge in [0, 0.05) is 24.9 Å². The van der Waals surface area contributed by atoms with Gasteiger partial charge in [-0.1, -0.05) is 0 Å². The van der Waals surface area contributed by atoms with Crippen LogP contribution in [0.5, 0.6) is 0 Å². The highest BCUT2D eigenvalue weighted by Crippen LogP contribution is 2.12. The van der Waals surface area contributed by atoms with E-state index in [4.69, 9.17) is 11.8 Å². The summed E-state index contributed by atoms with van der Waals surface area (Å²) >= 11 is 5.70. The van der Waals surface area contributed by atoms with Crippen LogP contribution in [0.1, 0.15) is 26.7 Å². The number of hydrogen-bond donors (Lipinski definition) is 1. The molecule has 0 spiro atoms. The second kappa shape index (κ2) is 6.80. The Morgan fingerprint density at radius 1 is 1.19 bits per heavy atom. The van der Waals surface area contributed by atoms with Crippen molar-refractivity contribution in [2.75, 3.05) is 47.8 Å². The maximum atomic E-state index is 5.70. The SMILES string of the molecule is CN(C)CCC[N+](C)(C)CCC(C)(C)NCl. The molecule has 0 amide bonds. The minimum atomic E-state index is 0.0264. The lowest BCUT2D eigenvalue weighted by molar-refractivity contribution is -0.891. The molecule has 0 aromatic rings. The number of nitrogens with one attached hydrogen (secondary N) is 1. The fourth-order valence-corrected chi connectivity index (χ4v) is 1.65. The van der Waals surface area contributed by atoms with E-state index in [0.29, 0.717) is 0 Å². The lowest BCUT2D eigenvalue weighted by Gasteiger charge is -2.33. The van der Waals surface area contributed by atoms with Crippen molar-refractivity contribution in [3.63, 3.8) is 0 Å².